The van der Waals surface area contributed by atoms with Crippen molar-refractivity contribution in [2.24, 2.45) is 0 Å². The molecule has 6 heteroatoms. The Morgan fingerprint density at radius 3 is 2.38 bits per heavy atom. The maximum absolute atomic E-state index is 13.1. The van der Waals surface area contributed by atoms with Gasteiger partial charge in [0.05, 0.1) is 6.04 Å². The normalized spacial score (nSPS) is 12.3. The third kappa shape index (κ3) is 3.87. The number of benzene rings is 2. The predicted molar refractivity (Wildman–Crippen MR) is 71.5 cm³/mol. The number of ether oxygens (including phenoxy) is 1. The average molecular weight is 299 g/mol. The fraction of sp³-hybridized carbons (Fsp3) is 0.200. The second-order valence-corrected chi connectivity index (χ2v) is 4.41. The molecule has 0 aliphatic heterocycles. The van der Waals surface area contributed by atoms with E-state index in [0.29, 0.717) is 11.3 Å². The Bertz CT molecular complexity index is 618. The lowest BCUT2D eigenvalue weighted by atomic mass is 10.1. The Labute approximate surface area is 119 Å². The number of alkyl halides is 2. The summed E-state index contributed by atoms with van der Waals surface area (Å²) in [7, 11) is 0. The molecule has 0 amide bonds. The van der Waals surface area contributed by atoms with E-state index in [2.05, 4.69) is 10.1 Å². The molecule has 2 rings (SSSR count). The van der Waals surface area contributed by atoms with Crippen LogP contribution in [0.1, 0.15) is 18.5 Å². The molecule has 0 spiro atoms. The number of hydrogen-bond donors (Lipinski definition) is 1. The molecule has 0 aliphatic rings. The van der Waals surface area contributed by atoms with E-state index in [0.717, 1.165) is 12.1 Å². The molecule has 112 valence electrons. The van der Waals surface area contributed by atoms with Gasteiger partial charge in [-0.3, -0.25) is 0 Å². The number of halogens is 4. The van der Waals surface area contributed by atoms with Crippen LogP contribution in [0.15, 0.2) is 42.5 Å². The van der Waals surface area contributed by atoms with E-state index in [-0.39, 0.29) is 5.75 Å². The first-order valence-electron chi connectivity index (χ1n) is 6.22. The molecule has 2 nitrogen and oxygen atoms in total. The van der Waals surface area contributed by atoms with Crippen molar-refractivity contribution < 1.29 is 22.3 Å². The molecule has 2 aromatic carbocycles. The van der Waals surface area contributed by atoms with E-state index in [1.54, 1.807) is 25.1 Å². The zero-order chi connectivity index (χ0) is 15.4. The Balaban J connectivity index is 2.19. The van der Waals surface area contributed by atoms with Gasteiger partial charge < -0.3 is 10.1 Å². The maximum Gasteiger partial charge on any atom is 0.387 e. The van der Waals surface area contributed by atoms with E-state index >= 15 is 0 Å². The first kappa shape index (κ1) is 15.2. The highest BCUT2D eigenvalue weighted by Crippen LogP contribution is 2.29. The lowest BCUT2D eigenvalue weighted by molar-refractivity contribution is -0.0505. The molecule has 1 atom stereocenters. The van der Waals surface area contributed by atoms with Gasteiger partial charge in [-0.1, -0.05) is 18.2 Å². The fourth-order valence-corrected chi connectivity index (χ4v) is 1.96. The van der Waals surface area contributed by atoms with Gasteiger partial charge in [-0.15, -0.1) is 0 Å². The van der Waals surface area contributed by atoms with Crippen molar-refractivity contribution in [3.05, 3.63) is 59.7 Å². The smallest absolute Gasteiger partial charge is 0.387 e. The molecule has 0 heterocycles. The van der Waals surface area contributed by atoms with Crippen molar-refractivity contribution >= 4 is 5.69 Å². The summed E-state index contributed by atoms with van der Waals surface area (Å²) in [6.07, 6.45) is 0. The molecule has 1 unspecified atom stereocenters. The van der Waals surface area contributed by atoms with Gasteiger partial charge in [0.25, 0.3) is 0 Å². The molecule has 0 radical (unpaired) electrons. The molecule has 0 aromatic heterocycles. The number of rotatable bonds is 5. The maximum atomic E-state index is 13.1. The molecular weight excluding hydrogens is 286 g/mol. The summed E-state index contributed by atoms with van der Waals surface area (Å²) in [5.41, 5.74) is 0.829. The van der Waals surface area contributed by atoms with Gasteiger partial charge in [-0.05, 0) is 25.1 Å². The van der Waals surface area contributed by atoms with E-state index in [4.69, 9.17) is 0 Å². The van der Waals surface area contributed by atoms with Crippen molar-refractivity contribution in [3.63, 3.8) is 0 Å². The van der Waals surface area contributed by atoms with Crippen molar-refractivity contribution in [1.82, 2.24) is 0 Å². The van der Waals surface area contributed by atoms with Crippen LogP contribution < -0.4 is 10.1 Å². The van der Waals surface area contributed by atoms with Gasteiger partial charge in [0, 0.05) is 17.3 Å². The summed E-state index contributed by atoms with van der Waals surface area (Å²) in [6, 6.07) is 9.23. The molecule has 0 fully saturated rings. The topological polar surface area (TPSA) is 21.3 Å². The standard InChI is InChI=1S/C15H13F4NO/c1-9(20-10-6-7-12(16)13(17)8-10)11-4-2-3-5-14(11)21-15(18)19/h2-9,15,20H,1H3. The van der Waals surface area contributed by atoms with Crippen LogP contribution in [0, 0.1) is 11.6 Å². The number of para-hydroxylation sites is 1. The summed E-state index contributed by atoms with van der Waals surface area (Å²) in [5, 5.41) is 2.91. The minimum atomic E-state index is -2.93. The Hall–Kier alpha value is -2.24. The Morgan fingerprint density at radius 1 is 1.00 bits per heavy atom. The Morgan fingerprint density at radius 2 is 1.71 bits per heavy atom. The van der Waals surface area contributed by atoms with Crippen LogP contribution in [-0.2, 0) is 0 Å². The highest BCUT2D eigenvalue weighted by molar-refractivity contribution is 5.48. The van der Waals surface area contributed by atoms with Crippen LogP contribution in [-0.4, -0.2) is 6.61 Å². The molecular formula is C15H13F4NO. The van der Waals surface area contributed by atoms with E-state index in [9.17, 15) is 17.6 Å². The van der Waals surface area contributed by atoms with Crippen LogP contribution in [0.2, 0.25) is 0 Å². The summed E-state index contributed by atoms with van der Waals surface area (Å²) in [5.74, 6) is -1.89. The zero-order valence-electron chi connectivity index (χ0n) is 11.1. The summed E-state index contributed by atoms with van der Waals surface area (Å²) in [4.78, 5) is 0. The molecule has 0 aliphatic carbocycles. The molecule has 21 heavy (non-hydrogen) atoms. The van der Waals surface area contributed by atoms with Crippen LogP contribution in [0.5, 0.6) is 5.75 Å². The fourth-order valence-electron chi connectivity index (χ4n) is 1.96. The second-order valence-electron chi connectivity index (χ2n) is 4.41. The monoisotopic (exact) mass is 299 g/mol. The third-order valence-corrected chi connectivity index (χ3v) is 2.90. The largest absolute Gasteiger partial charge is 0.434 e. The van der Waals surface area contributed by atoms with Gasteiger partial charge in [-0.2, -0.15) is 8.78 Å². The molecule has 1 N–H and O–H groups in total. The van der Waals surface area contributed by atoms with Gasteiger partial charge in [0.1, 0.15) is 5.75 Å². The second kappa shape index (κ2) is 6.47. The number of hydrogen-bond acceptors (Lipinski definition) is 2. The lowest BCUT2D eigenvalue weighted by Crippen LogP contribution is -2.11. The minimum absolute atomic E-state index is 0.0371. The molecule has 0 saturated heterocycles. The molecule has 0 bridgehead atoms. The third-order valence-electron chi connectivity index (χ3n) is 2.90. The molecule has 2 aromatic rings. The first-order chi connectivity index (χ1) is 9.97. The Kier molecular flexibility index (Phi) is 4.67. The van der Waals surface area contributed by atoms with Gasteiger partial charge >= 0.3 is 6.61 Å². The highest BCUT2D eigenvalue weighted by atomic mass is 19.3. The lowest BCUT2D eigenvalue weighted by Gasteiger charge is -2.19. The van der Waals surface area contributed by atoms with Crippen molar-refractivity contribution in [2.75, 3.05) is 5.32 Å². The van der Waals surface area contributed by atoms with Crippen LogP contribution in [0.4, 0.5) is 23.2 Å². The number of anilines is 1. The highest BCUT2D eigenvalue weighted by Gasteiger charge is 2.15. The average Bonchev–Trinajstić information content (AvgIpc) is 2.43. The van der Waals surface area contributed by atoms with E-state index < -0.39 is 24.3 Å². The van der Waals surface area contributed by atoms with Crippen molar-refractivity contribution in [3.8, 4) is 5.75 Å². The van der Waals surface area contributed by atoms with Gasteiger partial charge in [0.2, 0.25) is 0 Å². The van der Waals surface area contributed by atoms with E-state index in [1.807, 2.05) is 0 Å². The van der Waals surface area contributed by atoms with Gasteiger partial charge in [0.15, 0.2) is 11.6 Å². The van der Waals surface area contributed by atoms with Crippen molar-refractivity contribution in [1.29, 1.82) is 0 Å². The van der Waals surface area contributed by atoms with Crippen molar-refractivity contribution in [2.45, 2.75) is 19.6 Å². The quantitative estimate of drug-likeness (QED) is 0.805. The van der Waals surface area contributed by atoms with Crippen LogP contribution >= 0.6 is 0 Å². The summed E-state index contributed by atoms with van der Waals surface area (Å²) >= 11 is 0. The minimum Gasteiger partial charge on any atom is -0.434 e. The van der Waals surface area contributed by atoms with Crippen LogP contribution in [0.25, 0.3) is 0 Å². The zero-order valence-corrected chi connectivity index (χ0v) is 11.1. The van der Waals surface area contributed by atoms with Gasteiger partial charge in [-0.25, -0.2) is 8.78 Å². The summed E-state index contributed by atoms with van der Waals surface area (Å²) in [6.45, 7) is -1.23. The predicted octanol–water partition coefficient (Wildman–Crippen LogP) is 4.74. The van der Waals surface area contributed by atoms with Crippen LogP contribution in [0.3, 0.4) is 0 Å². The van der Waals surface area contributed by atoms with E-state index in [1.165, 1.54) is 12.1 Å². The summed E-state index contributed by atoms with van der Waals surface area (Å²) < 4.78 is 55.2. The number of nitrogens with one attached hydrogen (secondary N) is 1. The first-order valence-corrected chi connectivity index (χ1v) is 6.22. The molecule has 0 saturated carbocycles. The SMILES string of the molecule is CC(Nc1ccc(F)c(F)c1)c1ccccc1OC(F)F.